The van der Waals surface area contributed by atoms with Gasteiger partial charge in [0.25, 0.3) is 0 Å². The topological polar surface area (TPSA) is 38.9 Å². The van der Waals surface area contributed by atoms with Crippen molar-refractivity contribution in [2.24, 2.45) is 0 Å². The second kappa shape index (κ2) is 2.54. The summed E-state index contributed by atoms with van der Waals surface area (Å²) in [5.41, 5.74) is 0.949. The van der Waals surface area contributed by atoms with Crippen molar-refractivity contribution < 1.29 is 4.42 Å². The molecule has 11 heavy (non-hydrogen) atoms. The van der Waals surface area contributed by atoms with Gasteiger partial charge in [0.1, 0.15) is 5.76 Å². The summed E-state index contributed by atoms with van der Waals surface area (Å²) in [6.45, 7) is 0. The predicted molar refractivity (Wildman–Crippen MR) is 39.7 cm³/mol. The molecule has 0 aromatic carbocycles. The first-order chi connectivity index (χ1) is 5.47. The van der Waals surface area contributed by atoms with Gasteiger partial charge < -0.3 is 4.42 Å². The van der Waals surface area contributed by atoms with E-state index >= 15 is 0 Å². The second-order valence-corrected chi connectivity index (χ2v) is 2.11. The van der Waals surface area contributed by atoms with Gasteiger partial charge in [0, 0.05) is 5.56 Å². The summed E-state index contributed by atoms with van der Waals surface area (Å²) < 4.78 is 5.15. The fourth-order valence-electron chi connectivity index (χ4n) is 0.879. The highest BCUT2D eigenvalue weighted by Crippen LogP contribution is 2.16. The molecule has 2 aromatic heterocycles. The van der Waals surface area contributed by atoms with E-state index in [4.69, 9.17) is 4.42 Å². The first kappa shape index (κ1) is 6.09. The van der Waals surface area contributed by atoms with Gasteiger partial charge in [0.2, 0.25) is 0 Å². The van der Waals surface area contributed by atoms with E-state index in [-0.39, 0.29) is 0 Å². The minimum atomic E-state index is 0.819. The Morgan fingerprint density at radius 2 is 2.18 bits per heavy atom. The highest BCUT2D eigenvalue weighted by molar-refractivity contribution is 5.54. The summed E-state index contributed by atoms with van der Waals surface area (Å²) in [4.78, 5) is 0. The van der Waals surface area contributed by atoms with Gasteiger partial charge in [-0.15, -0.1) is 0 Å². The molecule has 0 spiro atoms. The fourth-order valence-corrected chi connectivity index (χ4v) is 0.879. The van der Waals surface area contributed by atoms with Crippen molar-refractivity contribution in [2.75, 3.05) is 0 Å². The van der Waals surface area contributed by atoms with Gasteiger partial charge in [-0.3, -0.25) is 0 Å². The average molecular weight is 146 g/mol. The van der Waals surface area contributed by atoms with Crippen molar-refractivity contribution in [3.05, 3.63) is 36.9 Å². The molecule has 0 N–H and O–H groups in total. The molecule has 3 heteroatoms. The van der Waals surface area contributed by atoms with Crippen molar-refractivity contribution in [3.63, 3.8) is 0 Å². The van der Waals surface area contributed by atoms with E-state index in [1.807, 2.05) is 18.2 Å². The van der Waals surface area contributed by atoms with Gasteiger partial charge in [0.15, 0.2) is 0 Å². The Morgan fingerprint density at radius 1 is 1.18 bits per heavy atom. The standard InChI is InChI=1S/C8H6N2O/c1-2-8(11-5-1)7-3-4-9-10-6-7/h1-6H. The summed E-state index contributed by atoms with van der Waals surface area (Å²) in [6, 6.07) is 5.58. The minimum absolute atomic E-state index is 0.819. The molecule has 0 saturated heterocycles. The van der Waals surface area contributed by atoms with Gasteiger partial charge in [-0.1, -0.05) is 0 Å². The molecule has 2 heterocycles. The van der Waals surface area contributed by atoms with Crippen LogP contribution in [0.4, 0.5) is 0 Å². The van der Waals surface area contributed by atoms with Crippen molar-refractivity contribution in [2.45, 2.75) is 0 Å². The monoisotopic (exact) mass is 146 g/mol. The van der Waals surface area contributed by atoms with E-state index in [1.54, 1.807) is 18.7 Å². The molecule has 0 aliphatic rings. The number of aromatic nitrogens is 2. The number of hydrogen-bond donors (Lipinski definition) is 0. The van der Waals surface area contributed by atoms with Crippen LogP contribution >= 0.6 is 0 Å². The largest absolute Gasteiger partial charge is 0.464 e. The molecule has 0 aliphatic heterocycles. The third kappa shape index (κ3) is 1.12. The van der Waals surface area contributed by atoms with E-state index in [0.29, 0.717) is 0 Å². The number of furan rings is 1. The molecule has 0 amide bonds. The maximum atomic E-state index is 5.15. The molecular weight excluding hydrogens is 140 g/mol. The zero-order chi connectivity index (χ0) is 7.52. The van der Waals surface area contributed by atoms with Crippen molar-refractivity contribution in [1.82, 2.24) is 10.2 Å². The number of nitrogens with zero attached hydrogens (tertiary/aromatic N) is 2. The lowest BCUT2D eigenvalue weighted by atomic mass is 10.2. The fraction of sp³-hybridized carbons (Fsp3) is 0. The van der Waals surface area contributed by atoms with Crippen LogP contribution in [0, 0.1) is 0 Å². The summed E-state index contributed by atoms with van der Waals surface area (Å²) in [5, 5.41) is 7.39. The van der Waals surface area contributed by atoms with Gasteiger partial charge in [-0.2, -0.15) is 10.2 Å². The first-order valence-corrected chi connectivity index (χ1v) is 3.27. The molecule has 2 rings (SSSR count). The normalized spacial score (nSPS) is 9.82. The molecule has 3 nitrogen and oxygen atoms in total. The molecule has 0 fully saturated rings. The average Bonchev–Trinajstić information content (AvgIpc) is 2.58. The minimum Gasteiger partial charge on any atom is -0.464 e. The van der Waals surface area contributed by atoms with E-state index in [1.165, 1.54) is 0 Å². The van der Waals surface area contributed by atoms with E-state index in [9.17, 15) is 0 Å². The Balaban J connectivity index is 2.46. The lowest BCUT2D eigenvalue weighted by Crippen LogP contribution is -1.78. The molecule has 2 aromatic rings. The van der Waals surface area contributed by atoms with Crippen LogP contribution < -0.4 is 0 Å². The summed E-state index contributed by atoms with van der Waals surface area (Å²) in [6.07, 6.45) is 4.94. The van der Waals surface area contributed by atoms with Gasteiger partial charge >= 0.3 is 0 Å². The number of rotatable bonds is 1. The highest BCUT2D eigenvalue weighted by Gasteiger charge is 1.97. The van der Waals surface area contributed by atoms with Gasteiger partial charge in [-0.25, -0.2) is 0 Å². The maximum Gasteiger partial charge on any atom is 0.135 e. The molecule has 0 unspecified atom stereocenters. The zero-order valence-electron chi connectivity index (χ0n) is 5.77. The maximum absolute atomic E-state index is 5.15. The quantitative estimate of drug-likeness (QED) is 0.615. The Kier molecular flexibility index (Phi) is 1.41. The second-order valence-electron chi connectivity index (χ2n) is 2.11. The smallest absolute Gasteiger partial charge is 0.135 e. The molecule has 0 aliphatic carbocycles. The van der Waals surface area contributed by atoms with Crippen LogP contribution in [0.1, 0.15) is 0 Å². The third-order valence-electron chi connectivity index (χ3n) is 1.39. The van der Waals surface area contributed by atoms with Crippen LogP contribution in [-0.4, -0.2) is 10.2 Å². The highest BCUT2D eigenvalue weighted by atomic mass is 16.3. The van der Waals surface area contributed by atoms with Crippen molar-refractivity contribution in [3.8, 4) is 11.3 Å². The lowest BCUT2D eigenvalue weighted by molar-refractivity contribution is 0.582. The molecular formula is C8H6N2O. The van der Waals surface area contributed by atoms with Gasteiger partial charge in [0.05, 0.1) is 18.7 Å². The van der Waals surface area contributed by atoms with E-state index < -0.39 is 0 Å². The third-order valence-corrected chi connectivity index (χ3v) is 1.39. The molecule has 0 atom stereocenters. The summed E-state index contributed by atoms with van der Waals surface area (Å²) in [7, 11) is 0. The zero-order valence-corrected chi connectivity index (χ0v) is 5.77. The van der Waals surface area contributed by atoms with Crippen molar-refractivity contribution in [1.29, 1.82) is 0 Å². The van der Waals surface area contributed by atoms with Crippen LogP contribution in [-0.2, 0) is 0 Å². The Hall–Kier alpha value is -1.64. The van der Waals surface area contributed by atoms with Crippen LogP contribution in [0.2, 0.25) is 0 Å². The van der Waals surface area contributed by atoms with Gasteiger partial charge in [-0.05, 0) is 18.2 Å². The summed E-state index contributed by atoms with van der Waals surface area (Å²) in [5.74, 6) is 0.819. The van der Waals surface area contributed by atoms with E-state index in [0.717, 1.165) is 11.3 Å². The van der Waals surface area contributed by atoms with Crippen LogP contribution in [0.15, 0.2) is 41.3 Å². The summed E-state index contributed by atoms with van der Waals surface area (Å²) >= 11 is 0. The SMILES string of the molecule is c1coc(-c2ccnnc2)c1. The first-order valence-electron chi connectivity index (χ1n) is 3.27. The van der Waals surface area contributed by atoms with E-state index in [2.05, 4.69) is 10.2 Å². The molecule has 0 saturated carbocycles. The molecule has 0 bridgehead atoms. The van der Waals surface area contributed by atoms with Crippen LogP contribution in [0.3, 0.4) is 0 Å². The van der Waals surface area contributed by atoms with Crippen LogP contribution in [0.25, 0.3) is 11.3 Å². The van der Waals surface area contributed by atoms with Crippen LogP contribution in [0.5, 0.6) is 0 Å². The van der Waals surface area contributed by atoms with Crippen molar-refractivity contribution >= 4 is 0 Å². The molecule has 54 valence electrons. The Morgan fingerprint density at radius 3 is 2.82 bits per heavy atom. The Bertz CT molecular complexity index is 315. The predicted octanol–water partition coefficient (Wildman–Crippen LogP) is 1.74. The Labute approximate surface area is 63.7 Å². The number of hydrogen-bond acceptors (Lipinski definition) is 3. The molecule has 0 radical (unpaired) electrons. The lowest BCUT2D eigenvalue weighted by Gasteiger charge is -1.91.